The largest absolute Gasteiger partial charge is 0.481 e. The Morgan fingerprint density at radius 3 is 2.57 bits per heavy atom. The minimum Gasteiger partial charge on any atom is -0.481 e. The van der Waals surface area contributed by atoms with E-state index in [1.165, 1.54) is 4.88 Å². The van der Waals surface area contributed by atoms with E-state index in [0.717, 1.165) is 22.4 Å². The Labute approximate surface area is 157 Å². The average molecular weight is 447 g/mol. The summed E-state index contributed by atoms with van der Waals surface area (Å²) in [5.74, 6) is 1.33. The number of rotatable bonds is 5. The van der Waals surface area contributed by atoms with E-state index in [4.69, 9.17) is 4.74 Å². The maximum absolute atomic E-state index is 5.12. The number of hydrogen-bond acceptors (Lipinski definition) is 5. The summed E-state index contributed by atoms with van der Waals surface area (Å²) in [7, 11) is 3.35. The maximum Gasteiger partial charge on any atom is 0.213 e. The van der Waals surface area contributed by atoms with Crippen LogP contribution in [0.15, 0.2) is 23.2 Å². The van der Waals surface area contributed by atoms with Crippen molar-refractivity contribution < 1.29 is 4.74 Å². The first-order chi connectivity index (χ1) is 10.6. The number of halogens is 1. The standard InChI is InChI=1S/C15H21N5OS.HI/c1-10-11(2)22-14(19-10)9-18-15(16-3)17-8-12-6-5-7-13(20-12)21-4;/h5-7H,8-9H2,1-4H3,(H2,16,17,18);1H. The van der Waals surface area contributed by atoms with Gasteiger partial charge in [0.2, 0.25) is 5.88 Å². The van der Waals surface area contributed by atoms with E-state index in [1.54, 1.807) is 25.5 Å². The molecule has 0 atom stereocenters. The molecule has 23 heavy (non-hydrogen) atoms. The van der Waals surface area contributed by atoms with Gasteiger partial charge in [-0.05, 0) is 19.9 Å². The lowest BCUT2D eigenvalue weighted by atomic mass is 10.3. The quantitative estimate of drug-likeness (QED) is 0.419. The van der Waals surface area contributed by atoms with Crippen molar-refractivity contribution in [1.29, 1.82) is 0 Å². The molecular weight excluding hydrogens is 425 g/mol. The van der Waals surface area contributed by atoms with Crippen LogP contribution in [0.3, 0.4) is 0 Å². The topological polar surface area (TPSA) is 71.4 Å². The van der Waals surface area contributed by atoms with Crippen molar-refractivity contribution in [2.75, 3.05) is 14.2 Å². The highest BCUT2D eigenvalue weighted by Gasteiger charge is 2.05. The van der Waals surface area contributed by atoms with Crippen LogP contribution in [0.2, 0.25) is 0 Å². The van der Waals surface area contributed by atoms with Gasteiger partial charge in [0.25, 0.3) is 0 Å². The predicted molar refractivity (Wildman–Crippen MR) is 105 cm³/mol. The Kier molecular flexibility index (Phi) is 8.24. The Bertz CT molecular complexity index is 640. The van der Waals surface area contributed by atoms with Crippen molar-refractivity contribution in [2.45, 2.75) is 26.9 Å². The number of nitrogens with zero attached hydrogens (tertiary/aromatic N) is 3. The first-order valence-corrected chi connectivity index (χ1v) is 7.81. The molecule has 2 heterocycles. The summed E-state index contributed by atoms with van der Waals surface area (Å²) in [6.07, 6.45) is 0. The molecule has 2 aromatic rings. The number of guanidine groups is 1. The summed E-state index contributed by atoms with van der Waals surface area (Å²) in [5, 5.41) is 7.53. The second-order valence-electron chi connectivity index (χ2n) is 4.70. The zero-order chi connectivity index (χ0) is 15.9. The molecule has 0 aliphatic heterocycles. The number of aryl methyl sites for hydroxylation is 2. The third kappa shape index (κ3) is 5.94. The van der Waals surface area contributed by atoms with E-state index in [9.17, 15) is 0 Å². The SMILES string of the molecule is CN=C(NCc1cccc(OC)n1)NCc1nc(C)c(C)s1.I. The zero-order valence-corrected chi connectivity index (χ0v) is 16.9. The van der Waals surface area contributed by atoms with Gasteiger partial charge in [0.15, 0.2) is 5.96 Å². The van der Waals surface area contributed by atoms with Gasteiger partial charge >= 0.3 is 0 Å². The Hall–Kier alpha value is -1.42. The first kappa shape index (κ1) is 19.6. The van der Waals surface area contributed by atoms with Crippen LogP contribution in [-0.4, -0.2) is 30.1 Å². The summed E-state index contributed by atoms with van der Waals surface area (Å²) < 4.78 is 5.12. The number of pyridine rings is 1. The monoisotopic (exact) mass is 447 g/mol. The molecule has 0 saturated heterocycles. The highest BCUT2D eigenvalue weighted by Crippen LogP contribution is 2.15. The van der Waals surface area contributed by atoms with Crippen LogP contribution in [0.1, 0.15) is 21.3 Å². The van der Waals surface area contributed by atoms with Gasteiger partial charge in [-0.2, -0.15) is 0 Å². The lowest BCUT2D eigenvalue weighted by Crippen LogP contribution is -2.36. The fraction of sp³-hybridized carbons (Fsp3) is 0.400. The van der Waals surface area contributed by atoms with Gasteiger partial charge in [0.05, 0.1) is 31.6 Å². The molecule has 0 fully saturated rings. The third-order valence-corrected chi connectivity index (χ3v) is 4.20. The van der Waals surface area contributed by atoms with Crippen LogP contribution < -0.4 is 15.4 Å². The number of nitrogens with one attached hydrogen (secondary N) is 2. The average Bonchev–Trinajstić information content (AvgIpc) is 2.86. The number of ether oxygens (including phenoxy) is 1. The van der Waals surface area contributed by atoms with Crippen molar-refractivity contribution in [3.63, 3.8) is 0 Å². The van der Waals surface area contributed by atoms with E-state index in [2.05, 4.69) is 32.5 Å². The molecule has 0 aliphatic carbocycles. The van der Waals surface area contributed by atoms with Gasteiger partial charge in [-0.3, -0.25) is 4.99 Å². The number of aromatic nitrogens is 2. The van der Waals surface area contributed by atoms with Crippen molar-refractivity contribution in [2.24, 2.45) is 4.99 Å². The van der Waals surface area contributed by atoms with Gasteiger partial charge in [0.1, 0.15) is 5.01 Å². The molecule has 0 aromatic carbocycles. The van der Waals surface area contributed by atoms with Crippen LogP contribution in [0.5, 0.6) is 5.88 Å². The molecule has 0 unspecified atom stereocenters. The minimum atomic E-state index is 0. The molecule has 0 bridgehead atoms. The molecule has 0 amide bonds. The highest BCUT2D eigenvalue weighted by molar-refractivity contribution is 14.0. The summed E-state index contributed by atoms with van der Waals surface area (Å²) in [4.78, 5) is 14.3. The van der Waals surface area contributed by atoms with E-state index >= 15 is 0 Å². The molecule has 2 aromatic heterocycles. The smallest absolute Gasteiger partial charge is 0.213 e. The van der Waals surface area contributed by atoms with Crippen molar-refractivity contribution in [3.8, 4) is 5.88 Å². The molecule has 0 aliphatic rings. The lowest BCUT2D eigenvalue weighted by Gasteiger charge is -2.11. The van der Waals surface area contributed by atoms with Crippen LogP contribution in [0.4, 0.5) is 0 Å². The maximum atomic E-state index is 5.12. The minimum absolute atomic E-state index is 0. The molecule has 0 spiro atoms. The summed E-state index contributed by atoms with van der Waals surface area (Å²) in [6, 6.07) is 5.68. The van der Waals surface area contributed by atoms with E-state index in [-0.39, 0.29) is 24.0 Å². The van der Waals surface area contributed by atoms with Crippen molar-refractivity contribution in [1.82, 2.24) is 20.6 Å². The normalized spacial score (nSPS) is 10.9. The van der Waals surface area contributed by atoms with Crippen LogP contribution in [0, 0.1) is 13.8 Å². The van der Waals surface area contributed by atoms with E-state index in [1.807, 2.05) is 25.1 Å². The summed E-state index contributed by atoms with van der Waals surface area (Å²) >= 11 is 1.70. The van der Waals surface area contributed by atoms with Crippen LogP contribution in [-0.2, 0) is 13.1 Å². The van der Waals surface area contributed by atoms with Crippen molar-refractivity contribution >= 4 is 41.3 Å². The molecule has 0 radical (unpaired) electrons. The number of methoxy groups -OCH3 is 1. The van der Waals surface area contributed by atoms with Gasteiger partial charge in [-0.1, -0.05) is 6.07 Å². The first-order valence-electron chi connectivity index (χ1n) is 6.99. The number of aliphatic imine (C=N–C) groups is 1. The molecular formula is C15H22IN5OS. The fourth-order valence-corrected chi connectivity index (χ4v) is 2.71. The second kappa shape index (κ2) is 9.66. The van der Waals surface area contributed by atoms with Gasteiger partial charge < -0.3 is 15.4 Å². The van der Waals surface area contributed by atoms with Gasteiger partial charge in [-0.15, -0.1) is 35.3 Å². The molecule has 2 rings (SSSR count). The molecule has 0 saturated carbocycles. The Balaban J connectivity index is 0.00000264. The van der Waals surface area contributed by atoms with Crippen LogP contribution in [0.25, 0.3) is 0 Å². The van der Waals surface area contributed by atoms with Gasteiger partial charge in [0, 0.05) is 18.0 Å². The molecule has 6 nitrogen and oxygen atoms in total. The Morgan fingerprint density at radius 1 is 1.22 bits per heavy atom. The fourth-order valence-electron chi connectivity index (χ4n) is 1.84. The van der Waals surface area contributed by atoms with Gasteiger partial charge in [-0.25, -0.2) is 9.97 Å². The summed E-state index contributed by atoms with van der Waals surface area (Å²) in [6.45, 7) is 5.34. The highest BCUT2D eigenvalue weighted by atomic mass is 127. The molecule has 8 heteroatoms. The Morgan fingerprint density at radius 2 is 1.96 bits per heavy atom. The summed E-state index contributed by atoms with van der Waals surface area (Å²) in [5.41, 5.74) is 1.98. The van der Waals surface area contributed by atoms with Crippen LogP contribution >= 0.6 is 35.3 Å². The predicted octanol–water partition coefficient (Wildman–Crippen LogP) is 2.65. The number of thiazole rings is 1. The lowest BCUT2D eigenvalue weighted by molar-refractivity contribution is 0.396. The molecule has 2 N–H and O–H groups in total. The second-order valence-corrected chi connectivity index (χ2v) is 5.99. The zero-order valence-electron chi connectivity index (χ0n) is 13.7. The number of hydrogen-bond donors (Lipinski definition) is 2. The molecule has 126 valence electrons. The third-order valence-electron chi connectivity index (χ3n) is 3.13. The van der Waals surface area contributed by atoms with E-state index in [0.29, 0.717) is 19.0 Å². The van der Waals surface area contributed by atoms with Crippen molar-refractivity contribution in [3.05, 3.63) is 39.5 Å². The van der Waals surface area contributed by atoms with E-state index < -0.39 is 0 Å².